The zero-order valence-corrected chi connectivity index (χ0v) is 10.7. The smallest absolute Gasteiger partial charge is 0.285 e. The normalized spacial score (nSPS) is 11.9. The predicted molar refractivity (Wildman–Crippen MR) is 67.6 cm³/mol. The van der Waals surface area contributed by atoms with Gasteiger partial charge in [0, 0.05) is 24.2 Å². The molecule has 1 rings (SSSR count). The van der Waals surface area contributed by atoms with Crippen molar-refractivity contribution in [3.63, 3.8) is 0 Å². The molecule has 17 heavy (non-hydrogen) atoms. The lowest BCUT2D eigenvalue weighted by molar-refractivity contribution is -0.385. The molecular formula is C10H12BrN3O3. The highest BCUT2D eigenvalue weighted by atomic mass is 79.9. The van der Waals surface area contributed by atoms with Gasteiger partial charge in [-0.25, -0.2) is 0 Å². The fourth-order valence-electron chi connectivity index (χ4n) is 1.10. The number of rotatable bonds is 4. The zero-order valence-electron chi connectivity index (χ0n) is 9.14. The Morgan fingerprint density at radius 2 is 2.29 bits per heavy atom. The van der Waals surface area contributed by atoms with Crippen molar-refractivity contribution in [2.75, 3.05) is 11.9 Å². The van der Waals surface area contributed by atoms with Gasteiger partial charge >= 0.3 is 0 Å². The molecule has 92 valence electrons. The number of nitro groups is 1. The molecule has 0 saturated carbocycles. The lowest BCUT2D eigenvalue weighted by Gasteiger charge is -2.09. The molecule has 0 saturated heterocycles. The van der Waals surface area contributed by atoms with Crippen LogP contribution in [0.25, 0.3) is 0 Å². The van der Waals surface area contributed by atoms with Crippen LogP contribution in [0.5, 0.6) is 0 Å². The van der Waals surface area contributed by atoms with Crippen LogP contribution in [0, 0.1) is 16.0 Å². The quantitative estimate of drug-likeness (QED) is 0.655. The number of carbonyl (C=O) groups is 1. The number of nitro benzene ring substituents is 1. The van der Waals surface area contributed by atoms with Crippen LogP contribution in [0.1, 0.15) is 6.92 Å². The van der Waals surface area contributed by atoms with Gasteiger partial charge in [0.1, 0.15) is 0 Å². The van der Waals surface area contributed by atoms with Gasteiger partial charge < -0.3 is 11.1 Å². The first-order valence-corrected chi connectivity index (χ1v) is 5.70. The Morgan fingerprint density at radius 3 is 2.82 bits per heavy atom. The second-order valence-electron chi connectivity index (χ2n) is 3.55. The van der Waals surface area contributed by atoms with Gasteiger partial charge in [-0.05, 0) is 28.1 Å². The van der Waals surface area contributed by atoms with Crippen molar-refractivity contribution in [2.45, 2.75) is 6.92 Å². The molecule has 7 heteroatoms. The van der Waals surface area contributed by atoms with Gasteiger partial charge in [-0.1, -0.05) is 6.92 Å². The van der Waals surface area contributed by atoms with E-state index in [0.29, 0.717) is 10.2 Å². The van der Waals surface area contributed by atoms with Gasteiger partial charge in [-0.2, -0.15) is 0 Å². The third-order valence-electron chi connectivity index (χ3n) is 2.21. The summed E-state index contributed by atoms with van der Waals surface area (Å²) in [6.45, 7) is 1.91. The lowest BCUT2D eigenvalue weighted by atomic mass is 10.1. The molecule has 0 radical (unpaired) electrons. The van der Waals surface area contributed by atoms with E-state index in [9.17, 15) is 14.9 Å². The molecule has 0 aliphatic carbocycles. The average Bonchev–Trinajstić information content (AvgIpc) is 2.30. The summed E-state index contributed by atoms with van der Waals surface area (Å²) in [7, 11) is 0. The molecule has 3 N–H and O–H groups in total. The molecule has 1 aromatic carbocycles. The van der Waals surface area contributed by atoms with Crippen molar-refractivity contribution in [1.29, 1.82) is 0 Å². The third-order valence-corrected chi connectivity index (χ3v) is 2.88. The Bertz CT molecular complexity index is 450. The fourth-order valence-corrected chi connectivity index (χ4v) is 1.49. The van der Waals surface area contributed by atoms with Crippen molar-refractivity contribution in [3.05, 3.63) is 32.8 Å². The van der Waals surface area contributed by atoms with E-state index in [1.54, 1.807) is 13.0 Å². The maximum absolute atomic E-state index is 11.5. The minimum Gasteiger partial charge on any atom is -0.330 e. The van der Waals surface area contributed by atoms with E-state index >= 15 is 0 Å². The highest BCUT2D eigenvalue weighted by Crippen LogP contribution is 2.27. The maximum Gasteiger partial charge on any atom is 0.285 e. The molecule has 1 aromatic rings. The molecule has 6 nitrogen and oxygen atoms in total. The maximum atomic E-state index is 11.5. The van der Waals surface area contributed by atoms with Crippen molar-refractivity contribution in [1.82, 2.24) is 0 Å². The van der Waals surface area contributed by atoms with E-state index in [4.69, 9.17) is 5.73 Å². The molecule has 0 aliphatic rings. The molecule has 1 unspecified atom stereocenters. The van der Waals surface area contributed by atoms with Crippen LogP contribution in [-0.4, -0.2) is 17.4 Å². The Morgan fingerprint density at radius 1 is 1.65 bits per heavy atom. The molecule has 0 fully saturated rings. The monoisotopic (exact) mass is 301 g/mol. The summed E-state index contributed by atoms with van der Waals surface area (Å²) in [5.74, 6) is -0.596. The van der Waals surface area contributed by atoms with E-state index in [0.717, 1.165) is 0 Å². The van der Waals surface area contributed by atoms with Gasteiger partial charge in [-0.15, -0.1) is 0 Å². The first kappa shape index (κ1) is 13.6. The molecule has 1 amide bonds. The molecule has 0 aliphatic heterocycles. The second-order valence-corrected chi connectivity index (χ2v) is 4.40. The highest BCUT2D eigenvalue weighted by molar-refractivity contribution is 9.10. The number of nitrogens with two attached hydrogens (primary N) is 1. The van der Waals surface area contributed by atoms with Gasteiger partial charge in [0.2, 0.25) is 5.91 Å². The number of hydrogen-bond acceptors (Lipinski definition) is 4. The number of hydrogen-bond donors (Lipinski definition) is 2. The Balaban J connectivity index is 2.90. The van der Waals surface area contributed by atoms with Crippen LogP contribution in [0.2, 0.25) is 0 Å². The lowest BCUT2D eigenvalue weighted by Crippen LogP contribution is -2.26. The number of nitrogens with zero attached hydrogens (tertiary/aromatic N) is 1. The van der Waals surface area contributed by atoms with E-state index in [-0.39, 0.29) is 24.1 Å². The molecule has 1 atom stereocenters. The summed E-state index contributed by atoms with van der Waals surface area (Å²) in [4.78, 5) is 21.7. The molecule has 0 spiro atoms. The predicted octanol–water partition coefficient (Wildman–Crippen LogP) is 1.89. The Labute approximate surface area is 106 Å². The SMILES string of the molecule is CC(CN)C(=O)Nc1ccc(Br)c([N+](=O)[O-])c1. The minimum absolute atomic E-state index is 0.0943. The van der Waals surface area contributed by atoms with Crippen LogP contribution in [0.15, 0.2) is 22.7 Å². The number of carbonyl (C=O) groups excluding carboxylic acids is 1. The standard InChI is InChI=1S/C10H12BrN3O3/c1-6(5-12)10(15)13-7-2-3-8(11)9(4-7)14(16)17/h2-4,6H,5,12H2,1H3,(H,13,15). The molecular weight excluding hydrogens is 290 g/mol. The van der Waals surface area contributed by atoms with E-state index in [2.05, 4.69) is 21.2 Å². The summed E-state index contributed by atoms with van der Waals surface area (Å²) < 4.78 is 0.368. The first-order valence-electron chi connectivity index (χ1n) is 4.90. The topological polar surface area (TPSA) is 98.3 Å². The fraction of sp³-hybridized carbons (Fsp3) is 0.300. The Hall–Kier alpha value is -1.47. The summed E-state index contributed by atoms with van der Waals surface area (Å²) in [6, 6.07) is 4.39. The van der Waals surface area contributed by atoms with E-state index in [1.807, 2.05) is 0 Å². The largest absolute Gasteiger partial charge is 0.330 e. The highest BCUT2D eigenvalue weighted by Gasteiger charge is 2.15. The van der Waals surface area contributed by atoms with E-state index in [1.165, 1.54) is 12.1 Å². The van der Waals surface area contributed by atoms with Crippen molar-refractivity contribution < 1.29 is 9.72 Å². The first-order chi connectivity index (χ1) is 7.95. The molecule has 0 heterocycles. The number of nitrogens with one attached hydrogen (secondary N) is 1. The number of benzene rings is 1. The van der Waals surface area contributed by atoms with Crippen LogP contribution in [0.3, 0.4) is 0 Å². The zero-order chi connectivity index (χ0) is 13.0. The van der Waals surface area contributed by atoms with Crippen LogP contribution in [0.4, 0.5) is 11.4 Å². The minimum atomic E-state index is -0.522. The summed E-state index contributed by atoms with van der Waals surface area (Å²) in [6.07, 6.45) is 0. The van der Waals surface area contributed by atoms with Gasteiger partial charge in [0.25, 0.3) is 5.69 Å². The summed E-state index contributed by atoms with van der Waals surface area (Å²) in [5.41, 5.74) is 5.64. The van der Waals surface area contributed by atoms with Gasteiger partial charge in [0.05, 0.1) is 9.40 Å². The van der Waals surface area contributed by atoms with E-state index < -0.39 is 4.92 Å². The summed E-state index contributed by atoms with van der Waals surface area (Å²) >= 11 is 3.07. The van der Waals surface area contributed by atoms with Crippen molar-refractivity contribution in [3.8, 4) is 0 Å². The number of amides is 1. The van der Waals surface area contributed by atoms with Crippen LogP contribution < -0.4 is 11.1 Å². The number of halogens is 1. The molecule has 0 aromatic heterocycles. The van der Waals surface area contributed by atoms with Gasteiger partial charge in [-0.3, -0.25) is 14.9 Å². The van der Waals surface area contributed by atoms with Gasteiger partial charge in [0.15, 0.2) is 0 Å². The second kappa shape index (κ2) is 5.74. The van der Waals surface area contributed by atoms with Crippen LogP contribution >= 0.6 is 15.9 Å². The summed E-state index contributed by atoms with van der Waals surface area (Å²) in [5, 5.41) is 13.3. The Kier molecular flexibility index (Phi) is 4.59. The molecule has 0 bridgehead atoms. The average molecular weight is 302 g/mol. The van der Waals surface area contributed by atoms with Crippen molar-refractivity contribution >= 4 is 33.2 Å². The number of anilines is 1. The van der Waals surface area contributed by atoms with Crippen LogP contribution in [-0.2, 0) is 4.79 Å². The third kappa shape index (κ3) is 3.50. The van der Waals surface area contributed by atoms with Crippen molar-refractivity contribution in [2.24, 2.45) is 11.7 Å².